The lowest BCUT2D eigenvalue weighted by molar-refractivity contribution is -0.120. The molecular formula is C15H22BrN3O3. The van der Waals surface area contributed by atoms with Crippen molar-refractivity contribution in [2.45, 2.75) is 19.8 Å². The van der Waals surface area contributed by atoms with Crippen LogP contribution in [0.2, 0.25) is 0 Å². The van der Waals surface area contributed by atoms with Crippen LogP contribution in [0.5, 0.6) is 5.75 Å². The molecule has 0 atom stereocenters. The molecular weight excluding hydrogens is 350 g/mol. The predicted octanol–water partition coefficient (Wildman–Crippen LogP) is 2.04. The second-order valence-corrected chi connectivity index (χ2v) is 5.50. The minimum absolute atomic E-state index is 0.0554. The lowest BCUT2D eigenvalue weighted by Gasteiger charge is -2.09. The van der Waals surface area contributed by atoms with Crippen molar-refractivity contribution in [1.82, 2.24) is 16.0 Å². The largest absolute Gasteiger partial charge is 0.492 e. The molecule has 6 nitrogen and oxygen atoms in total. The quantitative estimate of drug-likeness (QED) is 0.581. The fourth-order valence-electron chi connectivity index (χ4n) is 1.60. The fourth-order valence-corrected chi connectivity index (χ4v) is 1.97. The zero-order valence-corrected chi connectivity index (χ0v) is 14.2. The lowest BCUT2D eigenvalue weighted by Crippen LogP contribution is -2.39. The van der Waals surface area contributed by atoms with Crippen LogP contribution in [0.25, 0.3) is 0 Å². The van der Waals surface area contributed by atoms with Crippen LogP contribution in [0.1, 0.15) is 19.8 Å². The lowest BCUT2D eigenvalue weighted by atomic mass is 10.3. The highest BCUT2D eigenvalue weighted by Gasteiger charge is 2.03. The Hall–Kier alpha value is -1.76. The molecule has 122 valence electrons. The van der Waals surface area contributed by atoms with Crippen LogP contribution in [0.3, 0.4) is 0 Å². The number of hydrogen-bond acceptors (Lipinski definition) is 3. The second kappa shape index (κ2) is 10.9. The molecule has 0 aliphatic rings. The highest BCUT2D eigenvalue weighted by Crippen LogP contribution is 2.17. The van der Waals surface area contributed by atoms with E-state index in [1.807, 2.05) is 31.2 Å². The van der Waals surface area contributed by atoms with Crippen LogP contribution in [0.15, 0.2) is 28.7 Å². The summed E-state index contributed by atoms with van der Waals surface area (Å²) >= 11 is 3.36. The summed E-state index contributed by atoms with van der Waals surface area (Å²) in [7, 11) is 0. The third kappa shape index (κ3) is 8.51. The highest BCUT2D eigenvalue weighted by atomic mass is 79.9. The maximum atomic E-state index is 11.5. The molecule has 3 amide bonds. The minimum Gasteiger partial charge on any atom is -0.492 e. The zero-order valence-electron chi connectivity index (χ0n) is 12.7. The number of carbonyl (C=O) groups is 2. The molecule has 0 unspecified atom stereocenters. The maximum absolute atomic E-state index is 11.5. The van der Waals surface area contributed by atoms with Gasteiger partial charge in [0.1, 0.15) is 12.4 Å². The molecule has 0 saturated heterocycles. The number of benzene rings is 1. The average Bonchev–Trinajstić information content (AvgIpc) is 2.49. The molecule has 0 fully saturated rings. The van der Waals surface area contributed by atoms with Crippen LogP contribution in [0.4, 0.5) is 4.79 Å². The van der Waals surface area contributed by atoms with E-state index in [2.05, 4.69) is 31.9 Å². The smallest absolute Gasteiger partial charge is 0.314 e. The molecule has 0 heterocycles. The van der Waals surface area contributed by atoms with E-state index in [1.54, 1.807) is 0 Å². The van der Waals surface area contributed by atoms with Crippen LogP contribution >= 0.6 is 15.9 Å². The third-order valence-corrected chi connectivity index (χ3v) is 3.16. The normalized spacial score (nSPS) is 9.91. The first-order valence-corrected chi connectivity index (χ1v) is 8.08. The van der Waals surface area contributed by atoms with Gasteiger partial charge in [0.2, 0.25) is 5.91 Å². The Labute approximate surface area is 139 Å². The van der Waals surface area contributed by atoms with Crippen molar-refractivity contribution in [2.75, 3.05) is 26.2 Å². The van der Waals surface area contributed by atoms with Gasteiger partial charge in [-0.15, -0.1) is 0 Å². The van der Waals surface area contributed by atoms with E-state index in [9.17, 15) is 9.59 Å². The summed E-state index contributed by atoms with van der Waals surface area (Å²) in [5.41, 5.74) is 0. The molecule has 0 aliphatic carbocycles. The minimum atomic E-state index is -0.305. The van der Waals surface area contributed by atoms with Gasteiger partial charge < -0.3 is 20.7 Å². The van der Waals surface area contributed by atoms with Gasteiger partial charge in [-0.25, -0.2) is 4.79 Å². The Morgan fingerprint density at radius 2 is 1.91 bits per heavy atom. The summed E-state index contributed by atoms with van der Waals surface area (Å²) in [6.45, 7) is 3.73. The third-order valence-electron chi connectivity index (χ3n) is 2.66. The van der Waals surface area contributed by atoms with E-state index >= 15 is 0 Å². The molecule has 1 rings (SSSR count). The SMILES string of the molecule is CCCNC(=O)CCNC(=O)NCCOc1cccc(Br)c1. The maximum Gasteiger partial charge on any atom is 0.314 e. The second-order valence-electron chi connectivity index (χ2n) is 4.59. The van der Waals surface area contributed by atoms with Crippen molar-refractivity contribution in [3.63, 3.8) is 0 Å². The van der Waals surface area contributed by atoms with Gasteiger partial charge in [0, 0.05) is 24.0 Å². The van der Waals surface area contributed by atoms with E-state index in [4.69, 9.17) is 4.74 Å². The highest BCUT2D eigenvalue weighted by molar-refractivity contribution is 9.10. The standard InChI is InChI=1S/C15H22BrN3O3/c1-2-7-17-14(20)6-8-18-15(21)19-9-10-22-13-5-3-4-12(16)11-13/h3-5,11H,2,6-10H2,1H3,(H,17,20)(H2,18,19,21). The van der Waals surface area contributed by atoms with E-state index in [1.165, 1.54) is 0 Å². The molecule has 0 spiro atoms. The molecule has 0 aliphatic heterocycles. The predicted molar refractivity (Wildman–Crippen MR) is 89.0 cm³/mol. The number of amides is 3. The number of urea groups is 1. The summed E-state index contributed by atoms with van der Waals surface area (Å²) < 4.78 is 6.43. The van der Waals surface area contributed by atoms with Gasteiger partial charge in [-0.1, -0.05) is 28.9 Å². The molecule has 3 N–H and O–H groups in total. The van der Waals surface area contributed by atoms with E-state index < -0.39 is 0 Å². The van der Waals surface area contributed by atoms with E-state index in [0.717, 1.165) is 16.6 Å². The summed E-state index contributed by atoms with van der Waals surface area (Å²) in [5, 5.41) is 8.04. The first kappa shape index (κ1) is 18.3. The Balaban J connectivity index is 2.05. The summed E-state index contributed by atoms with van der Waals surface area (Å²) in [6.07, 6.45) is 1.18. The molecule has 0 bridgehead atoms. The van der Waals surface area contributed by atoms with E-state index in [-0.39, 0.29) is 18.4 Å². The van der Waals surface area contributed by atoms with Crippen molar-refractivity contribution in [3.8, 4) is 5.75 Å². The van der Waals surface area contributed by atoms with Crippen LogP contribution < -0.4 is 20.7 Å². The Kier molecular flexibility index (Phi) is 9.06. The van der Waals surface area contributed by atoms with Crippen molar-refractivity contribution in [3.05, 3.63) is 28.7 Å². The van der Waals surface area contributed by atoms with Gasteiger partial charge >= 0.3 is 6.03 Å². The Morgan fingerprint density at radius 3 is 2.64 bits per heavy atom. The number of halogens is 1. The van der Waals surface area contributed by atoms with Gasteiger partial charge in [-0.3, -0.25) is 4.79 Å². The monoisotopic (exact) mass is 371 g/mol. The van der Waals surface area contributed by atoms with Crippen LogP contribution in [0, 0.1) is 0 Å². The first-order valence-electron chi connectivity index (χ1n) is 7.28. The Morgan fingerprint density at radius 1 is 1.14 bits per heavy atom. The van der Waals surface area contributed by atoms with Gasteiger partial charge in [-0.05, 0) is 24.6 Å². The topological polar surface area (TPSA) is 79.5 Å². The zero-order chi connectivity index (χ0) is 16.2. The summed E-state index contributed by atoms with van der Waals surface area (Å²) in [5.74, 6) is 0.685. The number of rotatable bonds is 9. The summed E-state index contributed by atoms with van der Waals surface area (Å²) in [6, 6.07) is 7.19. The van der Waals surface area contributed by atoms with Crippen molar-refractivity contribution in [2.24, 2.45) is 0 Å². The summed E-state index contributed by atoms with van der Waals surface area (Å²) in [4.78, 5) is 22.8. The molecule has 1 aromatic carbocycles. The van der Waals surface area contributed by atoms with Gasteiger partial charge in [0.15, 0.2) is 0 Å². The van der Waals surface area contributed by atoms with Gasteiger partial charge in [-0.2, -0.15) is 0 Å². The molecule has 22 heavy (non-hydrogen) atoms. The number of carbonyl (C=O) groups excluding carboxylic acids is 2. The van der Waals surface area contributed by atoms with Crippen molar-refractivity contribution in [1.29, 1.82) is 0 Å². The molecule has 1 aromatic rings. The number of hydrogen-bond donors (Lipinski definition) is 3. The number of ether oxygens (including phenoxy) is 1. The molecule has 0 radical (unpaired) electrons. The van der Waals surface area contributed by atoms with Crippen LogP contribution in [-0.2, 0) is 4.79 Å². The van der Waals surface area contributed by atoms with E-state index in [0.29, 0.717) is 26.2 Å². The van der Waals surface area contributed by atoms with Gasteiger partial charge in [0.05, 0.1) is 6.54 Å². The average molecular weight is 372 g/mol. The molecule has 0 aromatic heterocycles. The van der Waals surface area contributed by atoms with Crippen LogP contribution in [-0.4, -0.2) is 38.2 Å². The van der Waals surface area contributed by atoms with Crippen molar-refractivity contribution >= 4 is 27.9 Å². The van der Waals surface area contributed by atoms with Crippen molar-refractivity contribution < 1.29 is 14.3 Å². The van der Waals surface area contributed by atoms with Gasteiger partial charge in [0.25, 0.3) is 0 Å². The molecule has 0 saturated carbocycles. The first-order chi connectivity index (χ1) is 10.6. The number of nitrogens with one attached hydrogen (secondary N) is 3. The Bertz CT molecular complexity index is 483. The molecule has 7 heteroatoms. The fraction of sp³-hybridized carbons (Fsp3) is 0.467.